The van der Waals surface area contributed by atoms with Crippen molar-refractivity contribution in [3.05, 3.63) is 12.2 Å². The highest BCUT2D eigenvalue weighted by atomic mass is 16.1. The SMILES string of the molecule is CC[C@H](C=C[C@@H](C)[C@H]1CC[C@H]2[C@@H]3CC(=O)C4CC(=O)CC[C@]4(C)[C@H]3CC[C@]12C)C(C)C. The maximum absolute atomic E-state index is 13.3. The average molecular weight is 427 g/mol. The van der Waals surface area contributed by atoms with E-state index in [1.165, 1.54) is 32.1 Å². The minimum atomic E-state index is 0.0143. The normalized spacial score (nSPS) is 44.8. The molecule has 0 N–H and O–H groups in total. The van der Waals surface area contributed by atoms with E-state index in [0.29, 0.717) is 65.3 Å². The molecule has 0 aromatic carbocycles. The summed E-state index contributed by atoms with van der Waals surface area (Å²) in [7, 11) is 0. The monoisotopic (exact) mass is 426 g/mol. The number of ketones is 2. The summed E-state index contributed by atoms with van der Waals surface area (Å²) in [4.78, 5) is 25.4. The van der Waals surface area contributed by atoms with Crippen LogP contribution in [-0.2, 0) is 9.59 Å². The number of carbonyl (C=O) groups is 2. The molecule has 2 heteroatoms. The number of rotatable bonds is 5. The zero-order valence-corrected chi connectivity index (χ0v) is 21.0. The van der Waals surface area contributed by atoms with Gasteiger partial charge in [0.2, 0.25) is 0 Å². The molecule has 0 heterocycles. The molecule has 4 saturated carbocycles. The van der Waals surface area contributed by atoms with E-state index in [2.05, 4.69) is 53.7 Å². The van der Waals surface area contributed by atoms with Crippen LogP contribution in [0.2, 0.25) is 0 Å². The van der Waals surface area contributed by atoms with Crippen molar-refractivity contribution in [2.24, 2.45) is 58.2 Å². The molecule has 0 bridgehead atoms. The molecular weight excluding hydrogens is 380 g/mol. The quantitative estimate of drug-likeness (QED) is 0.433. The lowest BCUT2D eigenvalue weighted by molar-refractivity contribution is -0.158. The molecule has 2 nitrogen and oxygen atoms in total. The van der Waals surface area contributed by atoms with Crippen molar-refractivity contribution >= 4 is 11.6 Å². The molecule has 4 rings (SSSR count). The van der Waals surface area contributed by atoms with E-state index >= 15 is 0 Å². The van der Waals surface area contributed by atoms with Gasteiger partial charge in [0.15, 0.2) is 0 Å². The largest absolute Gasteiger partial charge is 0.300 e. The summed E-state index contributed by atoms with van der Waals surface area (Å²) in [5.41, 5.74) is 0.447. The number of fused-ring (bicyclic) bond motifs is 5. The zero-order chi connectivity index (χ0) is 22.6. The summed E-state index contributed by atoms with van der Waals surface area (Å²) in [6.07, 6.45) is 14.4. The Morgan fingerprint density at radius 3 is 2.32 bits per heavy atom. The summed E-state index contributed by atoms with van der Waals surface area (Å²) < 4.78 is 0. The lowest BCUT2D eigenvalue weighted by atomic mass is 9.44. The maximum Gasteiger partial charge on any atom is 0.137 e. The van der Waals surface area contributed by atoms with Gasteiger partial charge in [0.05, 0.1) is 0 Å². The average Bonchev–Trinajstić information content (AvgIpc) is 3.07. The Morgan fingerprint density at radius 2 is 1.65 bits per heavy atom. The summed E-state index contributed by atoms with van der Waals surface area (Å²) in [5.74, 6) is 5.41. The van der Waals surface area contributed by atoms with E-state index in [1.54, 1.807) is 0 Å². The van der Waals surface area contributed by atoms with Crippen molar-refractivity contribution < 1.29 is 9.59 Å². The van der Waals surface area contributed by atoms with E-state index in [1.807, 2.05) is 0 Å². The number of hydrogen-bond donors (Lipinski definition) is 0. The van der Waals surface area contributed by atoms with Gasteiger partial charge >= 0.3 is 0 Å². The van der Waals surface area contributed by atoms with Crippen LogP contribution in [0.4, 0.5) is 0 Å². The maximum atomic E-state index is 13.3. The highest BCUT2D eigenvalue weighted by Crippen LogP contribution is 2.67. The first-order valence-electron chi connectivity index (χ1n) is 13.3. The van der Waals surface area contributed by atoms with Gasteiger partial charge in [0.25, 0.3) is 0 Å². The van der Waals surface area contributed by atoms with E-state index in [-0.39, 0.29) is 11.3 Å². The van der Waals surface area contributed by atoms with Crippen LogP contribution in [0, 0.1) is 58.2 Å². The first-order valence-corrected chi connectivity index (χ1v) is 13.3. The van der Waals surface area contributed by atoms with Crippen LogP contribution >= 0.6 is 0 Å². The minimum Gasteiger partial charge on any atom is -0.300 e. The van der Waals surface area contributed by atoms with Crippen molar-refractivity contribution in [2.45, 2.75) is 99.3 Å². The van der Waals surface area contributed by atoms with Gasteiger partial charge in [-0.05, 0) is 90.8 Å². The van der Waals surface area contributed by atoms with Crippen LogP contribution in [0.15, 0.2) is 12.2 Å². The lowest BCUT2D eigenvalue weighted by Crippen LogP contribution is -2.56. The van der Waals surface area contributed by atoms with Crippen LogP contribution in [0.25, 0.3) is 0 Å². The second kappa shape index (κ2) is 8.45. The van der Waals surface area contributed by atoms with Gasteiger partial charge in [-0.2, -0.15) is 0 Å². The number of Topliss-reactive ketones (excluding diaryl/α,β-unsaturated/α-hetero) is 2. The molecule has 0 radical (unpaired) electrons. The van der Waals surface area contributed by atoms with Crippen molar-refractivity contribution in [2.75, 3.05) is 0 Å². The number of carbonyl (C=O) groups excluding carboxylic acids is 2. The lowest BCUT2D eigenvalue weighted by Gasteiger charge is -2.59. The highest BCUT2D eigenvalue weighted by molar-refractivity contribution is 5.90. The second-order valence-corrected chi connectivity index (χ2v) is 12.6. The third-order valence-electron chi connectivity index (χ3n) is 11.0. The van der Waals surface area contributed by atoms with E-state index < -0.39 is 0 Å². The fraction of sp³-hybridized carbons (Fsp3) is 0.862. The second-order valence-electron chi connectivity index (χ2n) is 12.6. The summed E-state index contributed by atoms with van der Waals surface area (Å²) >= 11 is 0. The van der Waals surface area contributed by atoms with Gasteiger partial charge in [0, 0.05) is 25.2 Å². The standard InChI is InChI=1S/C29H46O2/c1-7-20(18(2)3)9-8-19(4)23-10-11-24-22-17-27(31)26-16-21(30)12-14-29(26,6)25(22)13-15-28(23,24)5/h8-9,18-20,22-26H,7,10-17H2,1-6H3/t19-,20-,22+,23-,24+,25+,26?,28-,29-/m1/s1. The van der Waals surface area contributed by atoms with Crippen molar-refractivity contribution in [3.8, 4) is 0 Å². The van der Waals surface area contributed by atoms with Crippen LogP contribution in [0.5, 0.6) is 0 Å². The molecule has 0 amide bonds. The van der Waals surface area contributed by atoms with Crippen molar-refractivity contribution in [1.29, 1.82) is 0 Å². The van der Waals surface area contributed by atoms with Crippen LogP contribution in [0.1, 0.15) is 99.3 Å². The molecule has 4 aliphatic carbocycles. The molecule has 0 saturated heterocycles. The first kappa shape index (κ1) is 23.2. The molecule has 0 spiro atoms. The van der Waals surface area contributed by atoms with Crippen molar-refractivity contribution in [1.82, 2.24) is 0 Å². The smallest absolute Gasteiger partial charge is 0.137 e. The van der Waals surface area contributed by atoms with Gasteiger partial charge in [-0.25, -0.2) is 0 Å². The predicted octanol–water partition coefficient (Wildman–Crippen LogP) is 7.27. The van der Waals surface area contributed by atoms with Gasteiger partial charge in [0.1, 0.15) is 11.6 Å². The molecular formula is C29H46O2. The van der Waals surface area contributed by atoms with Crippen LogP contribution in [-0.4, -0.2) is 11.6 Å². The molecule has 9 atom stereocenters. The van der Waals surface area contributed by atoms with Crippen molar-refractivity contribution in [3.63, 3.8) is 0 Å². The molecule has 4 fully saturated rings. The zero-order valence-electron chi connectivity index (χ0n) is 21.0. The molecule has 174 valence electrons. The summed E-state index contributed by atoms with van der Waals surface area (Å²) in [5, 5.41) is 0. The Labute approximate surface area is 191 Å². The van der Waals surface area contributed by atoms with Crippen LogP contribution in [0.3, 0.4) is 0 Å². The topological polar surface area (TPSA) is 34.1 Å². The number of hydrogen-bond acceptors (Lipinski definition) is 2. The number of allylic oxidation sites excluding steroid dienone is 2. The summed E-state index contributed by atoms with van der Waals surface area (Å²) in [6.45, 7) is 14.4. The van der Waals surface area contributed by atoms with Gasteiger partial charge in [-0.15, -0.1) is 0 Å². The minimum absolute atomic E-state index is 0.0143. The summed E-state index contributed by atoms with van der Waals surface area (Å²) in [6, 6.07) is 0. The van der Waals surface area contributed by atoms with Gasteiger partial charge in [-0.3, -0.25) is 9.59 Å². The third kappa shape index (κ3) is 3.78. The first-order chi connectivity index (χ1) is 14.6. The Kier molecular flexibility index (Phi) is 6.34. The fourth-order valence-electron chi connectivity index (χ4n) is 9.02. The molecule has 0 aromatic heterocycles. The van der Waals surface area contributed by atoms with E-state index in [4.69, 9.17) is 0 Å². The molecule has 31 heavy (non-hydrogen) atoms. The van der Waals surface area contributed by atoms with E-state index in [9.17, 15) is 9.59 Å². The molecule has 4 aliphatic rings. The molecule has 0 aromatic rings. The van der Waals surface area contributed by atoms with E-state index in [0.717, 1.165) is 18.8 Å². The Morgan fingerprint density at radius 1 is 0.935 bits per heavy atom. The third-order valence-corrected chi connectivity index (χ3v) is 11.0. The Bertz CT molecular complexity index is 735. The van der Waals surface area contributed by atoms with Gasteiger partial charge in [-0.1, -0.05) is 53.7 Å². The Hall–Kier alpha value is -0.920. The predicted molar refractivity (Wildman–Crippen MR) is 128 cm³/mol. The molecule has 1 unspecified atom stereocenters. The molecule has 0 aliphatic heterocycles. The Balaban J connectivity index is 1.54. The van der Waals surface area contributed by atoms with Crippen LogP contribution < -0.4 is 0 Å². The fourth-order valence-corrected chi connectivity index (χ4v) is 9.02. The van der Waals surface area contributed by atoms with Gasteiger partial charge < -0.3 is 0 Å². The highest BCUT2D eigenvalue weighted by Gasteiger charge is 2.62.